The van der Waals surface area contributed by atoms with Crippen LogP contribution >= 0.6 is 27.7 Å². The Morgan fingerprint density at radius 3 is 2.65 bits per heavy atom. The maximum atomic E-state index is 13.3. The van der Waals surface area contributed by atoms with Crippen LogP contribution in [0.25, 0.3) is 11.4 Å². The highest BCUT2D eigenvalue weighted by molar-refractivity contribution is 9.10. The van der Waals surface area contributed by atoms with Gasteiger partial charge in [-0.25, -0.2) is 4.68 Å². The van der Waals surface area contributed by atoms with Crippen molar-refractivity contribution >= 4 is 69.1 Å². The third-order valence-corrected chi connectivity index (χ3v) is 11.1. The Hall–Kier alpha value is -6.49. The fourth-order valence-electron chi connectivity index (χ4n) is 6.70. The number of piperidine rings is 1. The highest BCUT2D eigenvalue weighted by Crippen LogP contribution is 2.33. The number of hydrogen-bond acceptors (Lipinski definition) is 16. The molecule has 20 nitrogen and oxygen atoms in total. The molecule has 22 heteroatoms. The Labute approximate surface area is 372 Å². The molecule has 5 amide bonds. The van der Waals surface area contributed by atoms with Gasteiger partial charge in [0.2, 0.25) is 28.8 Å². The van der Waals surface area contributed by atoms with Gasteiger partial charge in [0, 0.05) is 45.9 Å². The largest absolute Gasteiger partial charge is 0.504 e. The standard InChI is InChI=1S/C41H41BrN10O10S/c1-59-34-18-25(30(42)20-33(34)53)21-43-52-38(47-48-41(52)63-2)24-6-8-27(9-7-24)62-17-16-60-14-12-26-22-50(49-46-26)13-15-61-23-36(55)44-31-5-3-4-28-29(31)19-37(56)51(40(28)58)32-10-11-35(54)45-39(32)57/h3-9,18,20-22,32,53H,10-17,19,23H2,1-2H3,(H,44,55)(H,45,54,57)/b43-21+. The van der Waals surface area contributed by atoms with Crippen molar-refractivity contribution in [2.24, 2.45) is 5.10 Å². The Kier molecular flexibility index (Phi) is 14.6. The zero-order valence-corrected chi connectivity index (χ0v) is 36.4. The molecule has 1 fully saturated rings. The lowest BCUT2D eigenvalue weighted by molar-refractivity contribution is -0.143. The van der Waals surface area contributed by atoms with E-state index in [9.17, 15) is 29.1 Å². The van der Waals surface area contributed by atoms with Crippen molar-refractivity contribution in [1.29, 1.82) is 0 Å². The van der Waals surface area contributed by atoms with Crippen LogP contribution in [0.4, 0.5) is 5.69 Å². The van der Waals surface area contributed by atoms with Gasteiger partial charge < -0.3 is 29.4 Å². The average Bonchev–Trinajstić information content (AvgIpc) is 3.91. The van der Waals surface area contributed by atoms with Crippen molar-refractivity contribution in [2.75, 3.05) is 51.7 Å². The van der Waals surface area contributed by atoms with E-state index in [1.165, 1.54) is 31.0 Å². The van der Waals surface area contributed by atoms with E-state index in [0.717, 1.165) is 16.2 Å². The summed E-state index contributed by atoms with van der Waals surface area (Å²) in [6, 6.07) is 14.2. The minimum Gasteiger partial charge on any atom is -0.504 e. The number of carbonyl (C=O) groups excluding carboxylic acids is 5. The monoisotopic (exact) mass is 944 g/mol. The Balaban J connectivity index is 0.799. The van der Waals surface area contributed by atoms with E-state index in [4.69, 9.17) is 18.9 Å². The first-order valence-corrected chi connectivity index (χ1v) is 21.5. The summed E-state index contributed by atoms with van der Waals surface area (Å²) in [6.07, 6.45) is 5.67. The number of anilines is 1. The van der Waals surface area contributed by atoms with E-state index in [0.29, 0.717) is 76.6 Å². The molecule has 5 aromatic rings. The topological polar surface area (TPSA) is 244 Å². The van der Waals surface area contributed by atoms with Crippen molar-refractivity contribution in [2.45, 2.75) is 43.4 Å². The van der Waals surface area contributed by atoms with E-state index in [1.54, 1.807) is 40.0 Å². The van der Waals surface area contributed by atoms with Gasteiger partial charge in [0.05, 0.1) is 51.8 Å². The van der Waals surface area contributed by atoms with E-state index in [-0.39, 0.29) is 43.8 Å². The van der Waals surface area contributed by atoms with Crippen LogP contribution in [0, 0.1) is 0 Å². The number of benzene rings is 3. The van der Waals surface area contributed by atoms with Gasteiger partial charge in [-0.2, -0.15) is 9.78 Å². The van der Waals surface area contributed by atoms with E-state index in [2.05, 4.69) is 52.2 Å². The predicted molar refractivity (Wildman–Crippen MR) is 230 cm³/mol. The maximum Gasteiger partial charge on any atom is 0.261 e. The molecule has 0 spiro atoms. The molecule has 0 bridgehead atoms. The van der Waals surface area contributed by atoms with Gasteiger partial charge in [0.25, 0.3) is 5.91 Å². The van der Waals surface area contributed by atoms with Crippen molar-refractivity contribution in [1.82, 2.24) is 40.1 Å². The SMILES string of the molecule is COc1cc(/C=N/n2c(SC)nnc2-c2ccc(OCCOCCc3cn(CCOCC(=O)Nc4cccc5c4CC(=O)N(C4CCC(=O)NC4=O)C5=O)nn3)cc2)c(Br)cc1O. The van der Waals surface area contributed by atoms with Crippen molar-refractivity contribution in [3.8, 4) is 28.6 Å². The summed E-state index contributed by atoms with van der Waals surface area (Å²) in [5, 5.41) is 37.0. The zero-order valence-electron chi connectivity index (χ0n) is 34.0. The van der Waals surface area contributed by atoms with Crippen LogP contribution in [0.15, 0.2) is 75.5 Å². The summed E-state index contributed by atoms with van der Waals surface area (Å²) < 4.78 is 26.3. The molecule has 2 aliphatic heterocycles. The van der Waals surface area contributed by atoms with Crippen LogP contribution in [0.1, 0.15) is 40.0 Å². The molecule has 3 aromatic carbocycles. The van der Waals surface area contributed by atoms with E-state index in [1.807, 2.05) is 30.5 Å². The number of thioether (sulfide) groups is 1. The molecule has 0 radical (unpaired) electrons. The number of rotatable bonds is 19. The Bertz CT molecular complexity index is 2550. The van der Waals surface area contributed by atoms with Gasteiger partial charge in [0.15, 0.2) is 17.3 Å². The molecule has 1 saturated heterocycles. The maximum absolute atomic E-state index is 13.3. The number of aromatic nitrogens is 6. The fourth-order valence-corrected chi connectivity index (χ4v) is 7.57. The quantitative estimate of drug-likeness (QED) is 0.0466. The highest BCUT2D eigenvalue weighted by Gasteiger charge is 2.42. The van der Waals surface area contributed by atoms with Gasteiger partial charge in [0.1, 0.15) is 25.0 Å². The van der Waals surface area contributed by atoms with Crippen LogP contribution in [-0.2, 0) is 48.0 Å². The lowest BCUT2D eigenvalue weighted by Crippen LogP contribution is -2.58. The lowest BCUT2D eigenvalue weighted by Gasteiger charge is -2.35. The first kappa shape index (κ1) is 44.6. The first-order valence-electron chi connectivity index (χ1n) is 19.5. The summed E-state index contributed by atoms with van der Waals surface area (Å²) >= 11 is 4.85. The predicted octanol–water partition coefficient (Wildman–Crippen LogP) is 3.24. The molecule has 2 aliphatic rings. The average molecular weight is 946 g/mol. The zero-order chi connectivity index (χ0) is 44.5. The molecule has 328 valence electrons. The second-order valence-electron chi connectivity index (χ2n) is 14.0. The summed E-state index contributed by atoms with van der Waals surface area (Å²) in [5.41, 5.74) is 3.02. The van der Waals surface area contributed by atoms with Gasteiger partial charge in [-0.3, -0.25) is 34.2 Å². The van der Waals surface area contributed by atoms with Crippen molar-refractivity contribution < 1.29 is 48.0 Å². The summed E-state index contributed by atoms with van der Waals surface area (Å²) in [5.74, 6) is -1.36. The molecular formula is C41H41BrN10O10S. The number of phenols is 1. The van der Waals surface area contributed by atoms with Gasteiger partial charge >= 0.3 is 0 Å². The fraction of sp³-hybridized carbons (Fsp3) is 0.317. The molecule has 0 aliphatic carbocycles. The molecular weight excluding hydrogens is 904 g/mol. The smallest absolute Gasteiger partial charge is 0.261 e. The molecule has 2 aromatic heterocycles. The number of hydrogen-bond donors (Lipinski definition) is 3. The molecule has 3 N–H and O–H groups in total. The van der Waals surface area contributed by atoms with E-state index < -0.39 is 35.6 Å². The highest BCUT2D eigenvalue weighted by atomic mass is 79.9. The molecule has 1 atom stereocenters. The number of methoxy groups -OCH3 is 1. The second kappa shape index (κ2) is 20.6. The van der Waals surface area contributed by atoms with Crippen LogP contribution in [0.3, 0.4) is 0 Å². The Morgan fingerprint density at radius 1 is 1.05 bits per heavy atom. The van der Waals surface area contributed by atoms with Crippen LogP contribution in [-0.4, -0.2) is 128 Å². The molecule has 0 saturated carbocycles. The van der Waals surface area contributed by atoms with Crippen LogP contribution < -0.4 is 20.1 Å². The van der Waals surface area contributed by atoms with E-state index >= 15 is 0 Å². The number of phenolic OH excluding ortho intramolecular Hbond substituents is 1. The van der Waals surface area contributed by atoms with Gasteiger partial charge in [-0.15, -0.1) is 15.3 Å². The number of aromatic hydroxyl groups is 1. The summed E-state index contributed by atoms with van der Waals surface area (Å²) in [6.45, 7) is 1.29. The van der Waals surface area contributed by atoms with Gasteiger partial charge in [-0.05, 0) is 82.7 Å². The lowest BCUT2D eigenvalue weighted by atomic mass is 9.93. The number of carbonyl (C=O) groups is 5. The second-order valence-corrected chi connectivity index (χ2v) is 15.6. The number of nitrogens with zero attached hydrogens (tertiary/aromatic N) is 8. The number of halogens is 1. The third-order valence-electron chi connectivity index (χ3n) is 9.82. The minimum atomic E-state index is -1.07. The summed E-state index contributed by atoms with van der Waals surface area (Å²) in [4.78, 5) is 63.9. The number of amides is 5. The number of fused-ring (bicyclic) bond motifs is 1. The third kappa shape index (κ3) is 10.8. The number of nitrogens with one attached hydrogen (secondary N) is 2. The van der Waals surface area contributed by atoms with Gasteiger partial charge in [-0.1, -0.05) is 23.0 Å². The number of imide groups is 2. The summed E-state index contributed by atoms with van der Waals surface area (Å²) in [7, 11) is 1.48. The molecule has 1 unspecified atom stereocenters. The van der Waals surface area contributed by atoms with Crippen molar-refractivity contribution in [3.63, 3.8) is 0 Å². The van der Waals surface area contributed by atoms with Crippen LogP contribution in [0.2, 0.25) is 0 Å². The first-order chi connectivity index (χ1) is 30.5. The Morgan fingerprint density at radius 2 is 1.87 bits per heavy atom. The minimum absolute atomic E-state index is 0.00905. The van der Waals surface area contributed by atoms with Crippen LogP contribution in [0.5, 0.6) is 17.2 Å². The molecule has 4 heterocycles. The normalized spacial score (nSPS) is 15.2. The van der Waals surface area contributed by atoms with Crippen molar-refractivity contribution in [3.05, 3.63) is 87.7 Å². The molecule has 7 rings (SSSR count). The number of ether oxygens (including phenoxy) is 4. The molecule has 63 heavy (non-hydrogen) atoms.